The lowest BCUT2D eigenvalue weighted by Crippen LogP contribution is -2.54. The summed E-state index contributed by atoms with van der Waals surface area (Å²) in [7, 11) is 0.773. The molecule has 238 valence electrons. The molecule has 1 saturated carbocycles. The van der Waals surface area contributed by atoms with Crippen molar-refractivity contribution in [1.82, 2.24) is 13.5 Å². The van der Waals surface area contributed by atoms with Gasteiger partial charge in [-0.25, -0.2) is 4.79 Å². The van der Waals surface area contributed by atoms with Crippen LogP contribution in [0.15, 0.2) is 48.5 Å². The Kier molecular flexibility index (Phi) is 10.6. The van der Waals surface area contributed by atoms with Crippen LogP contribution in [0.5, 0.6) is 11.5 Å². The predicted octanol–water partition coefficient (Wildman–Crippen LogP) is 5.13. The second-order valence-corrected chi connectivity index (χ2v) is 14.8. The monoisotopic (exact) mass is 617 g/mol. The number of rotatable bonds is 10. The molecule has 10 nitrogen and oxygen atoms in total. The minimum atomic E-state index is -3.86. The summed E-state index contributed by atoms with van der Waals surface area (Å²) in [6, 6.07) is 13.7. The van der Waals surface area contributed by atoms with Gasteiger partial charge in [-0.15, -0.1) is 0 Å². The number of aromatic hydroxyl groups is 1. The second-order valence-electron chi connectivity index (χ2n) is 12.7. The smallest absolute Gasteiger partial charge is 0.410 e. The maximum atomic E-state index is 13.7. The highest BCUT2D eigenvalue weighted by atomic mass is 32.2. The summed E-state index contributed by atoms with van der Waals surface area (Å²) >= 11 is 0. The minimum Gasteiger partial charge on any atom is -0.508 e. The third-order valence-corrected chi connectivity index (χ3v) is 10.2. The molecule has 4 rings (SSSR count). The van der Waals surface area contributed by atoms with Crippen LogP contribution in [0.4, 0.5) is 4.79 Å². The molecule has 1 heterocycles. The zero-order valence-electron chi connectivity index (χ0n) is 26.2. The number of phenols is 1. The molecule has 2 aromatic rings. The van der Waals surface area contributed by atoms with Crippen LogP contribution in [0.25, 0.3) is 0 Å². The van der Waals surface area contributed by atoms with Gasteiger partial charge < -0.3 is 24.2 Å². The van der Waals surface area contributed by atoms with Gasteiger partial charge in [-0.1, -0.05) is 24.3 Å². The number of carbonyl (C=O) groups is 1. The highest BCUT2D eigenvalue weighted by molar-refractivity contribution is 7.86. The van der Waals surface area contributed by atoms with Gasteiger partial charge in [-0.3, -0.25) is 0 Å². The predicted molar refractivity (Wildman–Crippen MR) is 165 cm³/mol. The van der Waals surface area contributed by atoms with Crippen LogP contribution < -0.4 is 4.74 Å². The van der Waals surface area contributed by atoms with E-state index in [9.17, 15) is 18.3 Å². The first-order chi connectivity index (χ1) is 20.3. The minimum absolute atomic E-state index is 0.00390. The molecule has 2 aromatic carbocycles. The molecule has 2 atom stereocenters. The highest BCUT2D eigenvalue weighted by Crippen LogP contribution is 2.36. The lowest BCUT2D eigenvalue weighted by atomic mass is 9.82. The number of methoxy groups -OCH3 is 1. The van der Waals surface area contributed by atoms with E-state index in [2.05, 4.69) is 6.07 Å². The van der Waals surface area contributed by atoms with Crippen molar-refractivity contribution in [2.24, 2.45) is 0 Å². The molecular weight excluding hydrogens is 570 g/mol. The topological polar surface area (TPSA) is 109 Å². The maximum Gasteiger partial charge on any atom is 0.410 e. The van der Waals surface area contributed by atoms with Gasteiger partial charge in [0.2, 0.25) is 0 Å². The Morgan fingerprint density at radius 3 is 2.28 bits per heavy atom. The van der Waals surface area contributed by atoms with Crippen molar-refractivity contribution in [2.75, 3.05) is 34.4 Å². The van der Waals surface area contributed by atoms with Crippen molar-refractivity contribution >= 4 is 16.3 Å². The van der Waals surface area contributed by atoms with Crippen LogP contribution in [0.1, 0.15) is 69.9 Å². The van der Waals surface area contributed by atoms with E-state index in [0.717, 1.165) is 36.8 Å². The van der Waals surface area contributed by atoms with Crippen molar-refractivity contribution in [3.63, 3.8) is 0 Å². The second kappa shape index (κ2) is 13.8. The van der Waals surface area contributed by atoms with Gasteiger partial charge in [0.25, 0.3) is 10.2 Å². The lowest BCUT2D eigenvalue weighted by molar-refractivity contribution is -0.0236. The summed E-state index contributed by atoms with van der Waals surface area (Å²) < 4.78 is 47.7. The molecule has 0 aromatic heterocycles. The molecule has 0 bridgehead atoms. The number of phenolic OH excluding ortho intramolecular Hbond substituents is 1. The molecule has 0 spiro atoms. The molecule has 11 heteroatoms. The Labute approximate surface area is 256 Å². The van der Waals surface area contributed by atoms with Gasteiger partial charge >= 0.3 is 6.09 Å². The molecule has 1 saturated heterocycles. The quantitative estimate of drug-likeness (QED) is 0.394. The number of hydrogen-bond acceptors (Lipinski definition) is 7. The van der Waals surface area contributed by atoms with Crippen molar-refractivity contribution in [3.05, 3.63) is 59.7 Å². The first kappa shape index (κ1) is 33.0. The van der Waals surface area contributed by atoms with Crippen LogP contribution in [-0.4, -0.2) is 91.3 Å². The molecule has 1 N–H and O–H groups in total. The summed E-state index contributed by atoms with van der Waals surface area (Å²) in [4.78, 5) is 15.0. The van der Waals surface area contributed by atoms with E-state index in [4.69, 9.17) is 14.2 Å². The summed E-state index contributed by atoms with van der Waals surface area (Å²) in [6.07, 6.45) is 3.53. The zero-order valence-corrected chi connectivity index (χ0v) is 27.0. The van der Waals surface area contributed by atoms with Crippen LogP contribution in [0.3, 0.4) is 0 Å². The number of benzene rings is 2. The van der Waals surface area contributed by atoms with E-state index in [0.29, 0.717) is 24.6 Å². The van der Waals surface area contributed by atoms with Crippen molar-refractivity contribution in [2.45, 2.75) is 89.1 Å². The fourth-order valence-electron chi connectivity index (χ4n) is 5.99. The van der Waals surface area contributed by atoms with Crippen LogP contribution >= 0.6 is 0 Å². The van der Waals surface area contributed by atoms with Gasteiger partial charge in [0.15, 0.2) is 0 Å². The van der Waals surface area contributed by atoms with Crippen LogP contribution in [0.2, 0.25) is 0 Å². The summed E-state index contributed by atoms with van der Waals surface area (Å²) in [5.41, 5.74) is 1.25. The molecule has 1 aliphatic carbocycles. The van der Waals surface area contributed by atoms with Crippen LogP contribution in [-0.2, 0) is 26.2 Å². The van der Waals surface area contributed by atoms with Crippen molar-refractivity contribution in [1.29, 1.82) is 0 Å². The molecule has 0 radical (unpaired) electrons. The number of amides is 1. The lowest BCUT2D eigenvalue weighted by Gasteiger charge is -2.37. The Balaban J connectivity index is 1.54. The largest absolute Gasteiger partial charge is 0.508 e. The molecule has 1 unspecified atom stereocenters. The number of hydrogen-bond donors (Lipinski definition) is 1. The van der Waals surface area contributed by atoms with Gasteiger partial charge in [0, 0.05) is 27.2 Å². The summed E-state index contributed by atoms with van der Waals surface area (Å²) in [6.45, 7) is 6.17. The zero-order chi connectivity index (χ0) is 31.4. The van der Waals surface area contributed by atoms with E-state index in [1.807, 2.05) is 57.2 Å². The fourth-order valence-corrected chi connectivity index (χ4v) is 7.31. The maximum absolute atomic E-state index is 13.7. The van der Waals surface area contributed by atoms with E-state index < -0.39 is 34.0 Å². The standard InChI is InChI=1S/C32H47N3O7S/c1-32(2,3)42-31(37)34-19-18-29(35(43(38,39)33(4)5)21-23-10-14-27(40-6)15-11-23)30(34)22-41-28-16-12-24(13-17-28)25-8-7-9-26(36)20-25/h7-11,14-15,20,24,28-30,36H,12-13,16-19,21-22H2,1-6H3/t24?,28?,29-,30?/m0/s1. The average Bonchev–Trinajstić information content (AvgIpc) is 3.38. The third kappa shape index (κ3) is 8.41. The van der Waals surface area contributed by atoms with Gasteiger partial charge in [-0.05, 0) is 94.2 Å². The van der Waals surface area contributed by atoms with Gasteiger partial charge in [0.05, 0.1) is 31.9 Å². The number of likely N-dealkylation sites (tertiary alicyclic amines) is 1. The molecule has 43 heavy (non-hydrogen) atoms. The molecule has 2 aliphatic rings. The molecule has 2 fully saturated rings. The average molecular weight is 618 g/mol. The first-order valence-electron chi connectivity index (χ1n) is 15.0. The van der Waals surface area contributed by atoms with Gasteiger partial charge in [0.1, 0.15) is 17.1 Å². The SMILES string of the molecule is COc1ccc(CN([C@H]2CCN(C(=O)OC(C)(C)C)C2COC2CCC(c3cccc(O)c3)CC2)S(=O)(=O)N(C)C)cc1. The van der Waals surface area contributed by atoms with E-state index in [-0.39, 0.29) is 25.0 Å². The number of carbonyl (C=O) groups excluding carboxylic acids is 1. The summed E-state index contributed by atoms with van der Waals surface area (Å²) in [5.74, 6) is 1.32. The number of ether oxygens (including phenoxy) is 3. The Bertz CT molecular complexity index is 1320. The molecule has 1 amide bonds. The Morgan fingerprint density at radius 2 is 1.70 bits per heavy atom. The van der Waals surface area contributed by atoms with E-state index in [1.165, 1.54) is 22.7 Å². The van der Waals surface area contributed by atoms with Crippen molar-refractivity contribution < 1.29 is 32.5 Å². The van der Waals surface area contributed by atoms with E-state index >= 15 is 0 Å². The fraction of sp³-hybridized carbons (Fsp3) is 0.594. The first-order valence-corrected chi connectivity index (χ1v) is 16.4. The van der Waals surface area contributed by atoms with E-state index in [1.54, 1.807) is 18.1 Å². The highest BCUT2D eigenvalue weighted by Gasteiger charge is 2.46. The van der Waals surface area contributed by atoms with Crippen LogP contribution in [0, 0.1) is 0 Å². The number of nitrogens with zero attached hydrogens (tertiary/aromatic N) is 3. The normalized spacial score (nSPS) is 23.1. The Hall–Kier alpha value is -2.86. The molecule has 1 aliphatic heterocycles. The Morgan fingerprint density at radius 1 is 1.02 bits per heavy atom. The molecular formula is C32H47N3O7S. The van der Waals surface area contributed by atoms with Gasteiger partial charge in [-0.2, -0.15) is 17.0 Å². The summed E-state index contributed by atoms with van der Waals surface area (Å²) in [5, 5.41) is 9.90. The third-order valence-electron chi connectivity index (χ3n) is 8.28. The van der Waals surface area contributed by atoms with Crippen molar-refractivity contribution in [3.8, 4) is 11.5 Å².